The lowest BCUT2D eigenvalue weighted by Crippen LogP contribution is -2.42. The molecule has 2 bridgehead atoms. The highest BCUT2D eigenvalue weighted by Crippen LogP contribution is 2.28. The average Bonchev–Trinajstić information content (AvgIpc) is 3.32. The maximum absolute atomic E-state index is 12.3. The van der Waals surface area contributed by atoms with Crippen LogP contribution in [0.3, 0.4) is 0 Å². The van der Waals surface area contributed by atoms with Gasteiger partial charge in [-0.2, -0.15) is 5.26 Å². The highest BCUT2D eigenvalue weighted by Gasteiger charge is 2.39. The van der Waals surface area contributed by atoms with Gasteiger partial charge in [-0.25, -0.2) is 0 Å². The molecule has 1 aromatic heterocycles. The minimum absolute atomic E-state index is 0.0749. The normalized spacial score (nSPS) is 24.5. The molecule has 2 aliphatic heterocycles. The molecule has 122 valence electrons. The first-order chi connectivity index (χ1) is 11.7. The van der Waals surface area contributed by atoms with Crippen molar-refractivity contribution in [1.82, 2.24) is 15.8 Å². The van der Waals surface area contributed by atoms with Crippen LogP contribution < -0.4 is 15.4 Å². The summed E-state index contributed by atoms with van der Waals surface area (Å²) in [5.74, 6) is 0.734. The van der Waals surface area contributed by atoms with Crippen LogP contribution in [0.15, 0.2) is 34.9 Å². The Morgan fingerprint density at radius 3 is 2.83 bits per heavy atom. The predicted molar refractivity (Wildman–Crippen MR) is 83.6 cm³/mol. The largest absolute Gasteiger partial charge is 0.436 e. The van der Waals surface area contributed by atoms with Gasteiger partial charge in [0.05, 0.1) is 6.07 Å². The highest BCUT2D eigenvalue weighted by molar-refractivity contribution is 5.94. The Kier molecular flexibility index (Phi) is 3.67. The molecule has 0 unspecified atom stereocenters. The van der Waals surface area contributed by atoms with Crippen molar-refractivity contribution in [3.8, 4) is 17.7 Å². The third kappa shape index (κ3) is 2.84. The number of hydrogen-bond donors (Lipinski definition) is 2. The van der Waals surface area contributed by atoms with E-state index in [1.165, 1.54) is 12.5 Å². The number of aromatic nitrogens is 1. The van der Waals surface area contributed by atoms with Crippen molar-refractivity contribution in [2.24, 2.45) is 0 Å². The van der Waals surface area contributed by atoms with Gasteiger partial charge in [0, 0.05) is 23.7 Å². The zero-order valence-electron chi connectivity index (χ0n) is 12.9. The predicted octanol–water partition coefficient (Wildman–Crippen LogP) is 1.96. The number of rotatable bonds is 4. The van der Waals surface area contributed by atoms with Crippen molar-refractivity contribution in [3.05, 3.63) is 41.7 Å². The van der Waals surface area contributed by atoms with Gasteiger partial charge in [0.25, 0.3) is 11.8 Å². The minimum Gasteiger partial charge on any atom is -0.436 e. The Hall–Kier alpha value is -2.85. The van der Waals surface area contributed by atoms with Crippen LogP contribution in [0.4, 0.5) is 0 Å². The summed E-state index contributed by atoms with van der Waals surface area (Å²) in [4.78, 5) is 12.3. The van der Waals surface area contributed by atoms with E-state index in [1.54, 1.807) is 24.3 Å². The van der Waals surface area contributed by atoms with E-state index in [-0.39, 0.29) is 23.6 Å². The van der Waals surface area contributed by atoms with Crippen LogP contribution in [0.1, 0.15) is 35.4 Å². The van der Waals surface area contributed by atoms with E-state index < -0.39 is 0 Å². The molecule has 2 saturated heterocycles. The number of nitrogens with zero attached hydrogens (tertiary/aromatic N) is 2. The van der Waals surface area contributed by atoms with Gasteiger partial charge in [-0.1, -0.05) is 0 Å². The topological polar surface area (TPSA) is 100 Å². The number of carbonyl (C=O) groups is 1. The van der Waals surface area contributed by atoms with E-state index in [2.05, 4.69) is 15.8 Å². The van der Waals surface area contributed by atoms with E-state index in [9.17, 15) is 4.79 Å². The van der Waals surface area contributed by atoms with Gasteiger partial charge in [-0.05, 0) is 48.7 Å². The van der Waals surface area contributed by atoms with Crippen LogP contribution in [0.25, 0.3) is 0 Å². The summed E-state index contributed by atoms with van der Waals surface area (Å²) >= 11 is 0. The molecule has 4 rings (SSSR count). The molecule has 0 saturated carbocycles. The van der Waals surface area contributed by atoms with E-state index >= 15 is 0 Å². The third-order valence-corrected chi connectivity index (χ3v) is 4.55. The molecule has 3 atom stereocenters. The molecule has 0 radical (unpaired) electrons. The van der Waals surface area contributed by atoms with Crippen LogP contribution in [-0.4, -0.2) is 29.2 Å². The monoisotopic (exact) mass is 324 g/mol. The van der Waals surface area contributed by atoms with Gasteiger partial charge in [0.1, 0.15) is 11.8 Å². The molecular formula is C17H16N4O3. The Morgan fingerprint density at radius 2 is 2.21 bits per heavy atom. The molecule has 2 aromatic rings. The number of hydrogen-bond acceptors (Lipinski definition) is 6. The average molecular weight is 324 g/mol. The number of benzene rings is 1. The number of nitriles is 1. The second kappa shape index (κ2) is 5.98. The van der Waals surface area contributed by atoms with Crippen LogP contribution in [0.2, 0.25) is 0 Å². The number of ether oxygens (including phenoxy) is 1. The first-order valence-corrected chi connectivity index (χ1v) is 7.93. The maximum Gasteiger partial charge on any atom is 0.260 e. The zero-order valence-corrected chi connectivity index (χ0v) is 12.9. The van der Waals surface area contributed by atoms with E-state index in [4.69, 9.17) is 14.5 Å². The van der Waals surface area contributed by atoms with E-state index in [1.807, 2.05) is 6.07 Å². The Balaban J connectivity index is 1.38. The summed E-state index contributed by atoms with van der Waals surface area (Å²) in [5, 5.41) is 18.9. The number of nitrogens with one attached hydrogen (secondary N) is 2. The summed E-state index contributed by atoms with van der Waals surface area (Å²) < 4.78 is 10.2. The van der Waals surface area contributed by atoms with Crippen LogP contribution in [0, 0.1) is 11.3 Å². The summed E-state index contributed by atoms with van der Waals surface area (Å²) in [7, 11) is 0. The maximum atomic E-state index is 12.3. The van der Waals surface area contributed by atoms with Gasteiger partial charge < -0.3 is 19.9 Å². The molecule has 24 heavy (non-hydrogen) atoms. The molecule has 2 N–H and O–H groups in total. The quantitative estimate of drug-likeness (QED) is 0.892. The van der Waals surface area contributed by atoms with E-state index in [0.717, 1.165) is 12.8 Å². The van der Waals surface area contributed by atoms with Crippen molar-refractivity contribution in [1.29, 1.82) is 5.26 Å². The van der Waals surface area contributed by atoms with E-state index in [0.29, 0.717) is 23.4 Å². The molecule has 0 aliphatic carbocycles. The van der Waals surface area contributed by atoms with Gasteiger partial charge in [-0.15, -0.1) is 0 Å². The van der Waals surface area contributed by atoms with Gasteiger partial charge in [0.15, 0.2) is 0 Å². The molecule has 2 aliphatic rings. The smallest absolute Gasteiger partial charge is 0.260 e. The number of amides is 1. The fraction of sp³-hybridized carbons (Fsp3) is 0.353. The first kappa shape index (κ1) is 14.7. The van der Waals surface area contributed by atoms with Crippen LogP contribution >= 0.6 is 0 Å². The molecule has 1 amide bonds. The van der Waals surface area contributed by atoms with Gasteiger partial charge in [-0.3, -0.25) is 4.79 Å². The van der Waals surface area contributed by atoms with Crippen molar-refractivity contribution in [2.75, 3.05) is 0 Å². The fourth-order valence-corrected chi connectivity index (χ4v) is 3.39. The van der Waals surface area contributed by atoms with Crippen LogP contribution in [0.5, 0.6) is 11.6 Å². The highest BCUT2D eigenvalue weighted by atomic mass is 16.5. The second-order valence-electron chi connectivity index (χ2n) is 6.13. The van der Waals surface area contributed by atoms with Crippen molar-refractivity contribution in [2.45, 2.75) is 37.4 Å². The van der Waals surface area contributed by atoms with Crippen molar-refractivity contribution >= 4 is 5.91 Å². The lowest BCUT2D eigenvalue weighted by Gasteiger charge is -2.21. The SMILES string of the molecule is N#Cc1cc(Oc2ccc(C(=O)N[C@@H]3C[C@H]4CC[C@@H]3N4)cc2)no1. The van der Waals surface area contributed by atoms with Crippen LogP contribution in [-0.2, 0) is 0 Å². The van der Waals surface area contributed by atoms with Crippen molar-refractivity contribution in [3.63, 3.8) is 0 Å². The summed E-state index contributed by atoms with van der Waals surface area (Å²) in [6, 6.07) is 11.2. The number of fused-ring (bicyclic) bond motifs is 2. The minimum atomic E-state index is -0.0749. The Morgan fingerprint density at radius 1 is 1.38 bits per heavy atom. The Labute approximate surface area is 138 Å². The lowest BCUT2D eigenvalue weighted by molar-refractivity contribution is 0.0931. The molecule has 0 spiro atoms. The second-order valence-corrected chi connectivity index (χ2v) is 6.13. The summed E-state index contributed by atoms with van der Waals surface area (Å²) in [5.41, 5.74) is 0.586. The molecule has 1 aromatic carbocycles. The fourth-order valence-electron chi connectivity index (χ4n) is 3.39. The number of carbonyl (C=O) groups excluding carboxylic acids is 1. The zero-order chi connectivity index (χ0) is 16.5. The van der Waals surface area contributed by atoms with Gasteiger partial charge >= 0.3 is 0 Å². The van der Waals surface area contributed by atoms with Crippen molar-refractivity contribution < 1.29 is 14.1 Å². The Bertz CT molecular complexity index is 793. The summed E-state index contributed by atoms with van der Waals surface area (Å²) in [6.45, 7) is 0. The first-order valence-electron chi connectivity index (χ1n) is 7.93. The lowest BCUT2D eigenvalue weighted by atomic mass is 9.95. The standard InChI is InChI=1S/C17H16N4O3/c18-9-13-8-16(21-24-13)23-12-4-1-10(2-5-12)17(22)20-15-7-11-3-6-14(15)19-11/h1-2,4-5,8,11,14-15,19H,3,6-7H2,(H,20,22)/t11-,14+,15-/m1/s1. The molecule has 3 heterocycles. The molecule has 7 nitrogen and oxygen atoms in total. The third-order valence-electron chi connectivity index (χ3n) is 4.55. The van der Waals surface area contributed by atoms with Gasteiger partial charge in [0.2, 0.25) is 5.76 Å². The molecule has 7 heteroatoms. The molecule has 2 fully saturated rings. The summed E-state index contributed by atoms with van der Waals surface area (Å²) in [6.07, 6.45) is 3.34. The molecular weight excluding hydrogens is 308 g/mol.